The summed E-state index contributed by atoms with van der Waals surface area (Å²) in [5.41, 5.74) is -1.72. The van der Waals surface area contributed by atoms with Gasteiger partial charge in [-0.3, -0.25) is 4.79 Å². The maximum absolute atomic E-state index is 14.6. The number of carboxylic acid groups (broad SMARTS) is 2. The lowest BCUT2D eigenvalue weighted by atomic mass is 9.89. The summed E-state index contributed by atoms with van der Waals surface area (Å²) >= 11 is 0. The van der Waals surface area contributed by atoms with E-state index >= 15 is 0 Å². The van der Waals surface area contributed by atoms with Gasteiger partial charge < -0.3 is 19.7 Å². The van der Waals surface area contributed by atoms with E-state index in [-0.39, 0.29) is 33.4 Å². The molecule has 0 aromatic heterocycles. The highest BCUT2D eigenvalue weighted by Gasteiger charge is 2.26. The Morgan fingerprint density at radius 2 is 1.60 bits per heavy atom. The van der Waals surface area contributed by atoms with Crippen molar-refractivity contribution in [3.05, 3.63) is 75.4 Å². The van der Waals surface area contributed by atoms with Crippen LogP contribution in [0.25, 0.3) is 33.4 Å². The largest absolute Gasteiger partial charge is 0.503 e. The predicted octanol–water partition coefficient (Wildman–Crippen LogP) is 3.95. The van der Waals surface area contributed by atoms with Crippen LogP contribution in [-0.2, 0) is 0 Å². The molecule has 2 aromatic rings. The second kappa shape index (κ2) is 6.66. The van der Waals surface area contributed by atoms with Crippen molar-refractivity contribution in [2.45, 2.75) is 0 Å². The molecule has 150 valence electrons. The van der Waals surface area contributed by atoms with Crippen LogP contribution in [0.3, 0.4) is 0 Å². The molecule has 0 saturated carbocycles. The van der Waals surface area contributed by atoms with Crippen LogP contribution in [0.1, 0.15) is 20.7 Å². The molecule has 2 aliphatic rings. The minimum atomic E-state index is -1.48. The summed E-state index contributed by atoms with van der Waals surface area (Å²) in [5.74, 6) is -7.00. The molecule has 1 aliphatic carbocycles. The van der Waals surface area contributed by atoms with E-state index in [0.717, 1.165) is 30.3 Å². The predicted molar refractivity (Wildman–Crippen MR) is 100 cm³/mol. The van der Waals surface area contributed by atoms with Gasteiger partial charge in [0.2, 0.25) is 5.82 Å². The fraction of sp³-hybridized carbons (Fsp3) is 0. The number of aromatic carboxylic acids is 2. The van der Waals surface area contributed by atoms with Gasteiger partial charge in [0.25, 0.3) is 0 Å². The Bertz CT molecular complexity index is 1400. The van der Waals surface area contributed by atoms with Crippen molar-refractivity contribution in [1.29, 1.82) is 0 Å². The quantitative estimate of drug-likeness (QED) is 0.435. The number of hydrogen-bond donors (Lipinski definition) is 3. The van der Waals surface area contributed by atoms with Crippen molar-refractivity contribution in [3.63, 3.8) is 0 Å². The fourth-order valence-corrected chi connectivity index (χ4v) is 3.29. The fourth-order valence-electron chi connectivity index (χ4n) is 3.29. The Hall–Kier alpha value is -4.27. The van der Waals surface area contributed by atoms with E-state index in [0.29, 0.717) is 0 Å². The first-order valence-electron chi connectivity index (χ1n) is 8.37. The first-order chi connectivity index (χ1) is 14.2. The summed E-state index contributed by atoms with van der Waals surface area (Å²) in [6, 6.07) is 7.51. The number of hydrogen-bond acceptors (Lipinski definition) is 5. The number of phenols is 1. The molecule has 0 bridgehead atoms. The van der Waals surface area contributed by atoms with Crippen LogP contribution < -0.4 is 5.43 Å². The Labute approximate surface area is 165 Å². The molecule has 0 saturated heterocycles. The number of halogens is 2. The summed E-state index contributed by atoms with van der Waals surface area (Å²) in [6.07, 6.45) is 0. The SMILES string of the molecule is O=C(O)c1ccc(-c2c3ccc(=O)cc-3oc3c(F)c(O)c(F)cc23)c(C(=O)O)c1. The molecule has 3 N–H and O–H groups in total. The molecule has 7 nitrogen and oxygen atoms in total. The van der Waals surface area contributed by atoms with Gasteiger partial charge in [-0.05, 0) is 35.9 Å². The van der Waals surface area contributed by atoms with Crippen LogP contribution in [0.5, 0.6) is 5.75 Å². The van der Waals surface area contributed by atoms with Crippen LogP contribution in [0.4, 0.5) is 8.78 Å². The number of aromatic hydroxyl groups is 1. The molecule has 2 aromatic carbocycles. The molecular weight excluding hydrogens is 402 g/mol. The van der Waals surface area contributed by atoms with E-state index in [1.165, 1.54) is 12.1 Å². The average Bonchev–Trinajstić information content (AvgIpc) is 2.70. The second-order valence-electron chi connectivity index (χ2n) is 6.40. The lowest BCUT2D eigenvalue weighted by molar-refractivity contribution is 0.0696. The molecule has 1 heterocycles. The van der Waals surface area contributed by atoms with E-state index in [2.05, 4.69) is 0 Å². The molecule has 0 fully saturated rings. The summed E-state index contributed by atoms with van der Waals surface area (Å²) in [4.78, 5) is 34.8. The number of benzene rings is 3. The lowest BCUT2D eigenvalue weighted by Crippen LogP contribution is -2.06. The molecule has 30 heavy (non-hydrogen) atoms. The Morgan fingerprint density at radius 3 is 2.27 bits per heavy atom. The molecule has 0 unspecified atom stereocenters. The normalized spacial score (nSPS) is 11.1. The standard InChI is InChI=1S/C21H10F2O7/c22-14-7-13-16(10-3-1-8(20(26)27)5-12(10)21(28)29)11-4-2-9(24)6-15(11)30-19(13)17(23)18(14)25/h1-7,25H,(H,26,27)(H,28,29). The van der Waals surface area contributed by atoms with Crippen molar-refractivity contribution >= 4 is 22.9 Å². The smallest absolute Gasteiger partial charge is 0.336 e. The van der Waals surface area contributed by atoms with Gasteiger partial charge in [-0.15, -0.1) is 0 Å². The summed E-state index contributed by atoms with van der Waals surface area (Å²) < 4.78 is 34.1. The number of phenolic OH excluding ortho intramolecular Hbond substituents is 1. The van der Waals surface area contributed by atoms with E-state index in [9.17, 15) is 33.4 Å². The summed E-state index contributed by atoms with van der Waals surface area (Å²) in [6.45, 7) is 0. The van der Waals surface area contributed by atoms with Gasteiger partial charge >= 0.3 is 11.9 Å². The molecule has 0 radical (unpaired) electrons. The molecule has 9 heteroatoms. The Morgan fingerprint density at radius 1 is 0.900 bits per heavy atom. The minimum Gasteiger partial charge on any atom is -0.503 e. The second-order valence-corrected chi connectivity index (χ2v) is 6.40. The van der Waals surface area contributed by atoms with E-state index < -0.39 is 45.9 Å². The Kier molecular flexibility index (Phi) is 4.23. The van der Waals surface area contributed by atoms with Crippen molar-refractivity contribution in [1.82, 2.24) is 0 Å². The topological polar surface area (TPSA) is 125 Å². The molecule has 0 spiro atoms. The highest BCUT2D eigenvalue weighted by Crippen LogP contribution is 2.43. The van der Waals surface area contributed by atoms with E-state index in [4.69, 9.17) is 9.52 Å². The first-order valence-corrected chi connectivity index (χ1v) is 8.37. The van der Waals surface area contributed by atoms with Gasteiger partial charge in [-0.2, -0.15) is 4.39 Å². The van der Waals surface area contributed by atoms with Gasteiger partial charge in [0.05, 0.1) is 11.1 Å². The number of carboxylic acids is 2. The molecule has 1 aliphatic heterocycles. The number of carbonyl (C=O) groups is 2. The van der Waals surface area contributed by atoms with Crippen LogP contribution >= 0.6 is 0 Å². The number of fused-ring (bicyclic) bond motifs is 2. The molecule has 0 atom stereocenters. The summed E-state index contributed by atoms with van der Waals surface area (Å²) in [5, 5.41) is 28.2. The minimum absolute atomic E-state index is 0.00149. The maximum atomic E-state index is 14.6. The zero-order valence-electron chi connectivity index (χ0n) is 14.8. The molecule has 4 rings (SSSR count). The highest BCUT2D eigenvalue weighted by molar-refractivity contribution is 6.08. The average molecular weight is 412 g/mol. The van der Waals surface area contributed by atoms with Gasteiger partial charge in [0, 0.05) is 22.6 Å². The van der Waals surface area contributed by atoms with Crippen molar-refractivity contribution in [2.75, 3.05) is 0 Å². The zero-order chi connectivity index (χ0) is 21.7. The maximum Gasteiger partial charge on any atom is 0.336 e. The van der Waals surface area contributed by atoms with E-state index in [1.807, 2.05) is 0 Å². The number of rotatable bonds is 3. The first kappa shape index (κ1) is 19.1. The van der Waals surface area contributed by atoms with Crippen molar-refractivity contribution < 1.29 is 38.1 Å². The van der Waals surface area contributed by atoms with Gasteiger partial charge in [-0.1, -0.05) is 6.07 Å². The van der Waals surface area contributed by atoms with Gasteiger partial charge in [-0.25, -0.2) is 14.0 Å². The van der Waals surface area contributed by atoms with Crippen LogP contribution in [0, 0.1) is 11.6 Å². The van der Waals surface area contributed by atoms with Gasteiger partial charge in [0.1, 0.15) is 5.76 Å². The van der Waals surface area contributed by atoms with Gasteiger partial charge in [0.15, 0.2) is 22.6 Å². The van der Waals surface area contributed by atoms with Crippen LogP contribution in [0.2, 0.25) is 0 Å². The monoisotopic (exact) mass is 412 g/mol. The van der Waals surface area contributed by atoms with Crippen LogP contribution in [0.15, 0.2) is 51.7 Å². The molecule has 0 amide bonds. The van der Waals surface area contributed by atoms with E-state index in [1.54, 1.807) is 0 Å². The van der Waals surface area contributed by atoms with Crippen LogP contribution in [-0.4, -0.2) is 27.3 Å². The zero-order valence-corrected chi connectivity index (χ0v) is 14.8. The third-order valence-corrected chi connectivity index (χ3v) is 4.62. The third kappa shape index (κ3) is 2.84. The van der Waals surface area contributed by atoms with Crippen molar-refractivity contribution in [2.24, 2.45) is 0 Å². The van der Waals surface area contributed by atoms with Crippen molar-refractivity contribution in [3.8, 4) is 28.2 Å². The summed E-state index contributed by atoms with van der Waals surface area (Å²) in [7, 11) is 0. The Balaban J connectivity index is 2.24. The third-order valence-electron chi connectivity index (χ3n) is 4.62. The highest BCUT2D eigenvalue weighted by atomic mass is 19.1. The molecular formula is C21H10F2O7. The lowest BCUT2D eigenvalue weighted by Gasteiger charge is -2.17.